The van der Waals surface area contributed by atoms with Crippen LogP contribution in [0.5, 0.6) is 0 Å². The maximum atomic E-state index is 11.9. The highest BCUT2D eigenvalue weighted by atomic mass is 31.1. The smallest absolute Gasteiger partial charge is 0.295 e. The van der Waals surface area contributed by atoms with Crippen LogP contribution in [0, 0.1) is 0 Å². The fourth-order valence-corrected chi connectivity index (χ4v) is 1.89. The molecule has 1 aromatic heterocycles. The first kappa shape index (κ1) is 19.8. The number of carbonyl (C=O) groups excluding carboxylic acids is 1. The van der Waals surface area contributed by atoms with Gasteiger partial charge in [0, 0.05) is 42.6 Å². The minimum Gasteiger partial charge on any atom is -0.295 e. The lowest BCUT2D eigenvalue weighted by Crippen LogP contribution is -2.40. The van der Waals surface area contributed by atoms with Crippen LogP contribution in [0.15, 0.2) is 9.59 Å². The van der Waals surface area contributed by atoms with Crippen LogP contribution >= 0.6 is 8.73 Å². The summed E-state index contributed by atoms with van der Waals surface area (Å²) in [5.74, 6) is -0.255. The summed E-state index contributed by atoms with van der Waals surface area (Å²) in [6, 6.07) is 0. The van der Waals surface area contributed by atoms with Crippen LogP contribution < -0.4 is 16.7 Å². The minimum absolute atomic E-state index is 0.0254. The van der Waals surface area contributed by atoms with Crippen molar-refractivity contribution in [1.29, 1.82) is 0 Å². The van der Waals surface area contributed by atoms with E-state index in [2.05, 4.69) is 33.5 Å². The van der Waals surface area contributed by atoms with Crippen molar-refractivity contribution in [3.63, 3.8) is 0 Å². The monoisotopic (exact) mass is 302 g/mol. The molecule has 0 bridgehead atoms. The highest BCUT2D eigenvalue weighted by Gasteiger charge is 2.12. The minimum atomic E-state index is -0.667. The average molecular weight is 301 g/mol. The third-order valence-corrected chi connectivity index (χ3v) is 3.03. The molecule has 1 heterocycles. The predicted molar refractivity (Wildman–Crippen MR) is 90.0 cm³/mol. The zero-order valence-corrected chi connectivity index (χ0v) is 13.3. The van der Waals surface area contributed by atoms with Gasteiger partial charge >= 0.3 is 11.4 Å². The Balaban J connectivity index is 0.000000885. The molecule has 0 aliphatic heterocycles. The van der Waals surface area contributed by atoms with Crippen molar-refractivity contribution in [2.75, 3.05) is 12.0 Å². The summed E-state index contributed by atoms with van der Waals surface area (Å²) >= 11 is 0. The predicted octanol–water partition coefficient (Wildman–Crippen LogP) is -1.68. The lowest BCUT2D eigenvalue weighted by Gasteiger charge is -2.11. The van der Waals surface area contributed by atoms with Gasteiger partial charge in [-0.2, -0.15) is 4.98 Å². The summed E-state index contributed by atoms with van der Waals surface area (Å²) in [5, 5.41) is 2.45. The summed E-state index contributed by atoms with van der Waals surface area (Å²) in [5.41, 5.74) is -1.09. The zero-order valence-electron chi connectivity index (χ0n) is 12.3. The van der Waals surface area contributed by atoms with E-state index >= 15 is 0 Å². The second-order valence-corrected chi connectivity index (χ2v) is 4.68. The maximum Gasteiger partial charge on any atom is 0.354 e. The molecule has 0 fully saturated rings. The van der Waals surface area contributed by atoms with Crippen LogP contribution in [-0.4, -0.2) is 56.1 Å². The maximum absolute atomic E-state index is 11.9. The number of amides is 1. The molecule has 0 aromatic carbocycles. The molecule has 1 unspecified atom stereocenters. The molecule has 0 saturated carbocycles. The number of hydrogen-bond donors (Lipinski definition) is 1. The van der Waals surface area contributed by atoms with E-state index in [-0.39, 0.29) is 33.6 Å². The van der Waals surface area contributed by atoms with Crippen molar-refractivity contribution in [3.8, 4) is 0 Å². The van der Waals surface area contributed by atoms with Gasteiger partial charge in [0.1, 0.15) is 0 Å². The molecule has 1 aromatic rings. The van der Waals surface area contributed by atoms with Crippen molar-refractivity contribution in [2.45, 2.75) is 26.8 Å². The van der Waals surface area contributed by atoms with Gasteiger partial charge in [0.2, 0.25) is 11.9 Å². The van der Waals surface area contributed by atoms with Gasteiger partial charge in [0.15, 0.2) is 0 Å². The number of aromatic nitrogens is 3. The summed E-state index contributed by atoms with van der Waals surface area (Å²) in [6.07, 6.45) is -0.403. The molecule has 7 nitrogen and oxygen atoms in total. The lowest BCUT2D eigenvalue weighted by molar-refractivity contribution is -0.115. The quantitative estimate of drug-likeness (QED) is 0.532. The number of anilines is 1. The van der Waals surface area contributed by atoms with Crippen LogP contribution in [0.1, 0.15) is 20.3 Å². The van der Waals surface area contributed by atoms with Gasteiger partial charge in [-0.25, -0.2) is 18.5 Å². The zero-order chi connectivity index (χ0) is 16.6. The summed E-state index contributed by atoms with van der Waals surface area (Å²) in [7, 11) is 14.1. The van der Waals surface area contributed by atoms with E-state index in [1.54, 1.807) is 20.5 Å². The van der Waals surface area contributed by atoms with Crippen LogP contribution in [0.2, 0.25) is 0 Å². The molecule has 0 aliphatic carbocycles. The number of rotatable bonds is 4. The van der Waals surface area contributed by atoms with E-state index in [1.807, 2.05) is 0 Å². The Morgan fingerprint density at radius 2 is 1.86 bits per heavy atom. The van der Waals surface area contributed by atoms with E-state index in [4.69, 9.17) is 0 Å². The fourth-order valence-electron chi connectivity index (χ4n) is 1.26. The number of hydrogen-bond acceptors (Lipinski definition) is 4. The van der Waals surface area contributed by atoms with E-state index in [0.29, 0.717) is 0 Å². The van der Waals surface area contributed by atoms with E-state index in [9.17, 15) is 14.4 Å². The van der Waals surface area contributed by atoms with Gasteiger partial charge in [0.25, 0.3) is 0 Å². The molecular weight excluding hydrogens is 286 g/mol. The molecule has 0 spiro atoms. The Hall–Kier alpha value is -1.23. The molecule has 106 valence electrons. The molecule has 21 heavy (non-hydrogen) atoms. The molecular formula is C9H15B4N4O3P. The Bertz CT molecular complexity index is 587. The molecule has 1 amide bonds. The van der Waals surface area contributed by atoms with E-state index in [1.165, 1.54) is 4.34 Å². The Kier molecular flexibility index (Phi) is 9.09. The van der Waals surface area contributed by atoms with E-state index < -0.39 is 17.8 Å². The second kappa shape index (κ2) is 9.66. The molecule has 0 saturated heterocycles. The molecule has 1 atom stereocenters. The number of carbonyl (C=O) groups is 1. The molecule has 0 aliphatic rings. The first-order chi connectivity index (χ1) is 9.78. The summed E-state index contributed by atoms with van der Waals surface area (Å²) < 4.78 is 2.32. The van der Waals surface area contributed by atoms with Crippen LogP contribution in [-0.2, 0) is 11.3 Å². The van der Waals surface area contributed by atoms with Gasteiger partial charge in [-0.15, -0.1) is 0 Å². The third-order valence-electron chi connectivity index (χ3n) is 2.18. The second-order valence-electron chi connectivity index (χ2n) is 3.78. The van der Waals surface area contributed by atoms with Crippen molar-refractivity contribution < 1.29 is 4.79 Å². The highest BCUT2D eigenvalue weighted by Crippen LogP contribution is 2.10. The van der Waals surface area contributed by atoms with Crippen molar-refractivity contribution in [2.24, 2.45) is 0 Å². The Morgan fingerprint density at radius 1 is 1.33 bits per heavy atom. The summed E-state index contributed by atoms with van der Waals surface area (Å²) in [6.45, 7) is 5.41. The number of nitrogens with zero attached hydrogens (tertiary/aromatic N) is 3. The van der Waals surface area contributed by atoms with Gasteiger partial charge in [-0.1, -0.05) is 6.92 Å². The van der Waals surface area contributed by atoms with Crippen molar-refractivity contribution in [1.82, 2.24) is 13.9 Å². The average Bonchev–Trinajstić information content (AvgIpc) is 2.38. The van der Waals surface area contributed by atoms with Gasteiger partial charge < -0.3 is 0 Å². The molecule has 1 rings (SSSR count). The van der Waals surface area contributed by atoms with Gasteiger partial charge in [0.05, 0.1) is 0 Å². The topological polar surface area (TPSA) is 86.0 Å². The van der Waals surface area contributed by atoms with Crippen LogP contribution in [0.25, 0.3) is 0 Å². The van der Waals surface area contributed by atoms with Crippen LogP contribution in [0.4, 0.5) is 5.95 Å². The van der Waals surface area contributed by atoms with E-state index in [0.717, 1.165) is 4.57 Å². The normalized spacial score (nSPS) is 10.0. The van der Waals surface area contributed by atoms with Gasteiger partial charge in [-0.05, 0) is 22.3 Å². The first-order valence-corrected chi connectivity index (χ1v) is 7.71. The standard InChI is InChI=1S/C9H15N4O3P.B4/c1-4-6(14)10-7-11-8(15)12(5-2)9(16)13(7)17-3;1-4(2)3/h17H,4-5H2,1-3H3,(H,10,11,14,15);. The molecule has 12 heteroatoms. The molecule has 6 radical (unpaired) electrons. The van der Waals surface area contributed by atoms with Crippen molar-refractivity contribution in [3.05, 3.63) is 21.0 Å². The largest absolute Gasteiger partial charge is 0.354 e. The SMILES string of the molecule is CCC(=O)Nc1nc(=O)n(CC)c(=O)n1PC.[B]B([B])[B]. The summed E-state index contributed by atoms with van der Waals surface area (Å²) in [4.78, 5) is 38.4. The van der Waals surface area contributed by atoms with Gasteiger partial charge in [-0.3, -0.25) is 10.1 Å². The fraction of sp³-hybridized carbons (Fsp3) is 0.556. The first-order valence-electron chi connectivity index (χ1n) is 6.26. The third kappa shape index (κ3) is 6.38. The van der Waals surface area contributed by atoms with Crippen LogP contribution in [0.3, 0.4) is 0 Å². The lowest BCUT2D eigenvalue weighted by atomic mass is 9.08. The highest BCUT2D eigenvalue weighted by molar-refractivity contribution is 7.49. The Morgan fingerprint density at radius 3 is 2.24 bits per heavy atom. The Labute approximate surface area is 129 Å². The van der Waals surface area contributed by atoms with Crippen molar-refractivity contribution >= 4 is 50.2 Å². The molecule has 1 N–H and O–H groups in total. The number of nitrogens with one attached hydrogen (secondary N) is 1.